The Morgan fingerprint density at radius 1 is 1.47 bits per heavy atom. The molecule has 2 saturated carbocycles. The molecule has 1 heterocycles. The third-order valence-corrected chi connectivity index (χ3v) is 3.86. The van der Waals surface area contributed by atoms with Gasteiger partial charge in [-0.05, 0) is 35.8 Å². The second-order valence-electron chi connectivity index (χ2n) is 4.80. The van der Waals surface area contributed by atoms with Gasteiger partial charge in [0.2, 0.25) is 0 Å². The second kappa shape index (κ2) is 3.27. The van der Waals surface area contributed by atoms with Crippen LogP contribution in [0.15, 0.2) is 0 Å². The van der Waals surface area contributed by atoms with Gasteiger partial charge >= 0.3 is 0 Å². The molecule has 2 fully saturated rings. The molecule has 0 aromatic carbocycles. The highest BCUT2D eigenvalue weighted by Gasteiger charge is 2.55. The number of rotatable bonds is 3. The Labute approximate surface area is 88.5 Å². The molecule has 0 bridgehead atoms. The van der Waals surface area contributed by atoms with Gasteiger partial charge in [0, 0.05) is 6.42 Å². The van der Waals surface area contributed by atoms with Crippen LogP contribution in [-0.2, 0) is 13.5 Å². The Hall–Kier alpha value is -0.970. The summed E-state index contributed by atoms with van der Waals surface area (Å²) in [6.07, 6.45) is 4.26. The van der Waals surface area contributed by atoms with Crippen molar-refractivity contribution in [2.75, 3.05) is 0 Å². The minimum atomic E-state index is -0.260. The van der Waals surface area contributed by atoms with Crippen LogP contribution in [0.4, 0.5) is 0 Å². The first-order chi connectivity index (χ1) is 7.25. The Bertz CT molecular complexity index is 354. The summed E-state index contributed by atoms with van der Waals surface area (Å²) < 4.78 is 0. The van der Waals surface area contributed by atoms with Gasteiger partial charge in [-0.2, -0.15) is 4.80 Å². The Morgan fingerprint density at radius 2 is 2.20 bits per heavy atom. The number of tetrazole rings is 1. The predicted octanol–water partition coefficient (Wildman–Crippen LogP) is 0.160. The number of aliphatic hydroxyl groups excluding tert-OH is 1. The summed E-state index contributed by atoms with van der Waals surface area (Å²) in [5.41, 5.74) is 0. The summed E-state index contributed by atoms with van der Waals surface area (Å²) in [7, 11) is 1.74. The molecule has 82 valence electrons. The minimum Gasteiger partial charge on any atom is -0.392 e. The van der Waals surface area contributed by atoms with Crippen molar-refractivity contribution in [3.8, 4) is 0 Å². The quantitative estimate of drug-likeness (QED) is 0.768. The van der Waals surface area contributed by atoms with Gasteiger partial charge in [0.25, 0.3) is 0 Å². The highest BCUT2D eigenvalue weighted by atomic mass is 16.3. The maximum absolute atomic E-state index is 10.0. The van der Waals surface area contributed by atoms with Crippen molar-refractivity contribution < 1.29 is 5.11 Å². The molecule has 1 aromatic heterocycles. The lowest BCUT2D eigenvalue weighted by Gasteiger charge is -2.09. The molecular weight excluding hydrogens is 192 g/mol. The van der Waals surface area contributed by atoms with Gasteiger partial charge in [-0.3, -0.25) is 0 Å². The van der Waals surface area contributed by atoms with Crippen LogP contribution in [-0.4, -0.2) is 31.4 Å². The Kier molecular flexibility index (Phi) is 2.02. The zero-order valence-electron chi connectivity index (χ0n) is 8.87. The zero-order chi connectivity index (χ0) is 10.4. The lowest BCUT2D eigenvalue weighted by molar-refractivity contribution is 0.133. The first-order valence-electron chi connectivity index (χ1n) is 5.66. The van der Waals surface area contributed by atoms with E-state index in [1.165, 1.54) is 24.1 Å². The molecule has 2 aliphatic carbocycles. The van der Waals surface area contributed by atoms with Crippen molar-refractivity contribution in [3.05, 3.63) is 5.82 Å². The van der Waals surface area contributed by atoms with Crippen molar-refractivity contribution in [2.45, 2.75) is 31.8 Å². The lowest BCUT2D eigenvalue weighted by atomic mass is 10.0. The fraction of sp³-hybridized carbons (Fsp3) is 0.900. The van der Waals surface area contributed by atoms with E-state index in [1.54, 1.807) is 7.05 Å². The fourth-order valence-corrected chi connectivity index (χ4v) is 3.18. The minimum absolute atomic E-state index is 0.260. The summed E-state index contributed by atoms with van der Waals surface area (Å²) >= 11 is 0. The molecule has 0 radical (unpaired) electrons. The van der Waals surface area contributed by atoms with Gasteiger partial charge in [-0.1, -0.05) is 6.42 Å². The largest absolute Gasteiger partial charge is 0.392 e. The molecule has 3 atom stereocenters. The maximum atomic E-state index is 10.0. The van der Waals surface area contributed by atoms with Gasteiger partial charge in [0.05, 0.1) is 13.2 Å². The second-order valence-corrected chi connectivity index (χ2v) is 4.80. The number of fused-ring (bicyclic) bond motifs is 1. The fourth-order valence-electron chi connectivity index (χ4n) is 3.18. The molecule has 15 heavy (non-hydrogen) atoms. The standard InChI is InChI=1S/C10H16N4O/c1-14-12-9(11-13-14)5-8(15)10-6-3-2-4-7(6)10/h6-8,10,15H,2-5H2,1H3. The molecular formula is C10H16N4O. The summed E-state index contributed by atoms with van der Waals surface area (Å²) in [4.78, 5) is 1.44. The van der Waals surface area contributed by atoms with Gasteiger partial charge < -0.3 is 5.11 Å². The van der Waals surface area contributed by atoms with E-state index in [1.807, 2.05) is 0 Å². The molecule has 0 aliphatic heterocycles. The summed E-state index contributed by atoms with van der Waals surface area (Å²) in [6, 6.07) is 0. The monoisotopic (exact) mass is 208 g/mol. The van der Waals surface area contributed by atoms with Gasteiger partial charge in [-0.15, -0.1) is 10.2 Å². The molecule has 2 aliphatic rings. The molecule has 0 saturated heterocycles. The van der Waals surface area contributed by atoms with Crippen molar-refractivity contribution in [2.24, 2.45) is 24.8 Å². The van der Waals surface area contributed by atoms with E-state index in [-0.39, 0.29) is 6.10 Å². The number of nitrogens with zero attached hydrogens (tertiary/aromatic N) is 4. The molecule has 1 N–H and O–H groups in total. The van der Waals surface area contributed by atoms with Crippen molar-refractivity contribution in [1.29, 1.82) is 0 Å². The van der Waals surface area contributed by atoms with Gasteiger partial charge in [0.15, 0.2) is 5.82 Å². The Balaban J connectivity index is 1.60. The van der Waals surface area contributed by atoms with E-state index >= 15 is 0 Å². The number of hydrogen-bond donors (Lipinski definition) is 1. The van der Waals surface area contributed by atoms with Crippen molar-refractivity contribution >= 4 is 0 Å². The maximum Gasteiger partial charge on any atom is 0.177 e. The van der Waals surface area contributed by atoms with E-state index in [4.69, 9.17) is 0 Å². The predicted molar refractivity (Wildman–Crippen MR) is 52.8 cm³/mol. The smallest absolute Gasteiger partial charge is 0.177 e. The molecule has 0 spiro atoms. The van der Waals surface area contributed by atoms with Crippen LogP contribution in [0.25, 0.3) is 0 Å². The van der Waals surface area contributed by atoms with E-state index in [0.29, 0.717) is 18.2 Å². The number of aryl methyl sites for hydroxylation is 1. The molecule has 0 amide bonds. The van der Waals surface area contributed by atoms with Crippen molar-refractivity contribution in [1.82, 2.24) is 20.2 Å². The number of aliphatic hydroxyl groups is 1. The third kappa shape index (κ3) is 1.55. The van der Waals surface area contributed by atoms with Gasteiger partial charge in [-0.25, -0.2) is 0 Å². The molecule has 1 aromatic rings. The van der Waals surface area contributed by atoms with Crippen LogP contribution >= 0.6 is 0 Å². The van der Waals surface area contributed by atoms with Crippen LogP contribution in [0.3, 0.4) is 0 Å². The molecule has 5 nitrogen and oxygen atoms in total. The molecule has 3 unspecified atom stereocenters. The summed E-state index contributed by atoms with van der Waals surface area (Å²) in [6.45, 7) is 0. The SMILES string of the molecule is Cn1nnc(CC(O)C2C3CCCC32)n1. The van der Waals surface area contributed by atoms with E-state index in [9.17, 15) is 5.11 Å². The van der Waals surface area contributed by atoms with E-state index in [0.717, 1.165) is 11.8 Å². The normalized spacial score (nSPS) is 35.2. The summed E-state index contributed by atoms with van der Waals surface area (Å²) in [5, 5.41) is 21.8. The zero-order valence-corrected chi connectivity index (χ0v) is 8.87. The first-order valence-corrected chi connectivity index (χ1v) is 5.66. The van der Waals surface area contributed by atoms with Crippen LogP contribution in [0.2, 0.25) is 0 Å². The molecule has 5 heteroatoms. The van der Waals surface area contributed by atoms with E-state index < -0.39 is 0 Å². The Morgan fingerprint density at radius 3 is 2.80 bits per heavy atom. The third-order valence-electron chi connectivity index (χ3n) is 3.86. The van der Waals surface area contributed by atoms with Crippen molar-refractivity contribution in [3.63, 3.8) is 0 Å². The average Bonchev–Trinajstić information content (AvgIpc) is 2.60. The van der Waals surface area contributed by atoms with Crippen LogP contribution in [0, 0.1) is 17.8 Å². The topological polar surface area (TPSA) is 63.8 Å². The van der Waals surface area contributed by atoms with Crippen LogP contribution < -0.4 is 0 Å². The first kappa shape index (κ1) is 9.27. The lowest BCUT2D eigenvalue weighted by Crippen LogP contribution is -2.17. The van der Waals surface area contributed by atoms with Crippen LogP contribution in [0.1, 0.15) is 25.1 Å². The number of aromatic nitrogens is 4. The van der Waals surface area contributed by atoms with Crippen LogP contribution in [0.5, 0.6) is 0 Å². The summed E-state index contributed by atoms with van der Waals surface area (Å²) in [5.74, 6) is 2.76. The van der Waals surface area contributed by atoms with Gasteiger partial charge in [0.1, 0.15) is 0 Å². The number of hydrogen-bond acceptors (Lipinski definition) is 4. The van der Waals surface area contributed by atoms with E-state index in [2.05, 4.69) is 15.4 Å². The highest BCUT2D eigenvalue weighted by Crippen LogP contribution is 2.59. The molecule has 3 rings (SSSR count). The average molecular weight is 208 g/mol. The highest BCUT2D eigenvalue weighted by molar-refractivity contribution is 5.05.